The molecule has 2 aromatic carbocycles. The van der Waals surface area contributed by atoms with Crippen LogP contribution >= 0.6 is 0 Å². The third kappa shape index (κ3) is 4.40. The van der Waals surface area contributed by atoms with E-state index < -0.39 is 18.1 Å². The van der Waals surface area contributed by atoms with Crippen LogP contribution in [0.25, 0.3) is 0 Å². The van der Waals surface area contributed by atoms with Gasteiger partial charge < -0.3 is 0 Å². The number of aryl methyl sites for hydroxylation is 1. The van der Waals surface area contributed by atoms with Gasteiger partial charge >= 0.3 is 0 Å². The summed E-state index contributed by atoms with van der Waals surface area (Å²) in [5.74, 6) is 0. The third-order valence-electron chi connectivity index (χ3n) is 5.39. The van der Waals surface area contributed by atoms with Crippen molar-refractivity contribution < 1.29 is 8.42 Å². The second-order valence-corrected chi connectivity index (χ2v) is 15.5. The van der Waals surface area contributed by atoms with Crippen LogP contribution in [0.15, 0.2) is 59.5 Å². The van der Waals surface area contributed by atoms with Crippen LogP contribution in [0.2, 0.25) is 18.1 Å². The molecule has 0 aliphatic heterocycles. The van der Waals surface area contributed by atoms with E-state index in [2.05, 4.69) is 38.6 Å². The summed E-state index contributed by atoms with van der Waals surface area (Å²) in [6, 6.07) is 16.9. The molecule has 0 heterocycles. The molecule has 1 N–H and O–H groups in total. The highest BCUT2D eigenvalue weighted by molar-refractivity contribution is 7.89. The Hall–Kier alpha value is -1.43. The second-order valence-electron chi connectivity index (χ2n) is 8.25. The van der Waals surface area contributed by atoms with E-state index in [1.54, 1.807) is 12.1 Å². The van der Waals surface area contributed by atoms with Gasteiger partial charge in [0.15, 0.2) is 0 Å². The van der Waals surface area contributed by atoms with Crippen molar-refractivity contribution in [3.05, 3.63) is 65.7 Å². The first-order valence-electron chi connectivity index (χ1n) is 8.59. The minimum atomic E-state index is -3.58. The smallest absolute Gasteiger partial charge is 0.207 e. The minimum absolute atomic E-state index is 0.0449. The van der Waals surface area contributed by atoms with Crippen LogP contribution in [-0.2, 0) is 10.0 Å². The van der Waals surface area contributed by atoms with Crippen LogP contribution in [0.1, 0.15) is 37.6 Å². The van der Waals surface area contributed by atoms with E-state index in [4.69, 9.17) is 0 Å². The fourth-order valence-corrected chi connectivity index (χ4v) is 7.26. The predicted octanol–water partition coefficient (Wildman–Crippen LogP) is 5.06. The average molecular weight is 376 g/mol. The monoisotopic (exact) mass is 375 g/mol. The highest BCUT2D eigenvalue weighted by Gasteiger charge is 2.44. The van der Waals surface area contributed by atoms with Gasteiger partial charge in [-0.2, -0.15) is 0 Å². The van der Waals surface area contributed by atoms with Gasteiger partial charge in [0.25, 0.3) is 0 Å². The van der Waals surface area contributed by atoms with E-state index in [1.807, 2.05) is 49.4 Å². The molecule has 2 aromatic rings. The van der Waals surface area contributed by atoms with Crippen LogP contribution in [0, 0.1) is 6.92 Å². The van der Waals surface area contributed by atoms with E-state index >= 15 is 0 Å². The Labute approximate surface area is 153 Å². The van der Waals surface area contributed by atoms with Crippen LogP contribution in [0.5, 0.6) is 0 Å². The first-order valence-corrected chi connectivity index (χ1v) is 13.2. The maximum absolute atomic E-state index is 13.0. The van der Waals surface area contributed by atoms with Gasteiger partial charge in [-0.05, 0) is 29.7 Å². The fourth-order valence-electron chi connectivity index (χ4n) is 2.65. The molecule has 5 heteroatoms. The number of rotatable bonds is 5. The summed E-state index contributed by atoms with van der Waals surface area (Å²) in [4.78, 5) is 0.317. The number of nitrogens with one attached hydrogen (secondary N) is 1. The molecule has 2 rings (SSSR count). The van der Waals surface area contributed by atoms with Gasteiger partial charge in [0, 0.05) is 5.67 Å². The zero-order chi connectivity index (χ0) is 18.9. The van der Waals surface area contributed by atoms with Crippen molar-refractivity contribution in [2.24, 2.45) is 0 Å². The molecule has 1 atom stereocenters. The quantitative estimate of drug-likeness (QED) is 0.742. The van der Waals surface area contributed by atoms with E-state index in [0.717, 1.165) is 11.1 Å². The SMILES string of the molecule is Cc1ccc(S(=O)(=O)NC(c2ccccc2)[Si](C)(C)C(C)(C)C)cc1. The number of hydrogen-bond donors (Lipinski definition) is 1. The Morgan fingerprint density at radius 1 is 0.920 bits per heavy atom. The van der Waals surface area contributed by atoms with Gasteiger partial charge in [-0.1, -0.05) is 81.9 Å². The van der Waals surface area contributed by atoms with Crippen molar-refractivity contribution in [1.82, 2.24) is 4.72 Å². The summed E-state index contributed by atoms with van der Waals surface area (Å²) in [6.45, 7) is 13.1. The Bertz CT molecular complexity index is 807. The van der Waals surface area contributed by atoms with Crippen LogP contribution in [-0.4, -0.2) is 16.5 Å². The fraction of sp³-hybridized carbons (Fsp3) is 0.400. The highest BCUT2D eigenvalue weighted by Crippen LogP contribution is 2.44. The van der Waals surface area contributed by atoms with Crippen molar-refractivity contribution in [2.75, 3.05) is 0 Å². The highest BCUT2D eigenvalue weighted by atomic mass is 32.2. The standard InChI is InChI=1S/C20H29NO2SSi/c1-16-12-14-18(15-13-16)24(22,23)21-19(17-10-8-7-9-11-17)25(5,6)20(2,3)4/h7-15,19,21H,1-6H3. The van der Waals surface area contributed by atoms with Gasteiger partial charge in [-0.15, -0.1) is 0 Å². The lowest BCUT2D eigenvalue weighted by molar-refractivity contribution is 0.573. The Kier molecular flexibility index (Phi) is 5.61. The molecule has 0 aliphatic carbocycles. The van der Waals surface area contributed by atoms with Crippen molar-refractivity contribution in [3.63, 3.8) is 0 Å². The molecule has 0 bridgehead atoms. The first kappa shape index (κ1) is 19.9. The molecule has 0 aliphatic rings. The number of hydrogen-bond acceptors (Lipinski definition) is 2. The summed E-state index contributed by atoms with van der Waals surface area (Å²) >= 11 is 0. The molecule has 0 radical (unpaired) electrons. The lowest BCUT2D eigenvalue weighted by Gasteiger charge is -2.43. The molecule has 0 saturated carbocycles. The number of sulfonamides is 1. The maximum Gasteiger partial charge on any atom is 0.240 e. The molecule has 0 spiro atoms. The summed E-state index contributed by atoms with van der Waals surface area (Å²) in [5, 5.41) is 0.0449. The molecule has 0 amide bonds. The Morgan fingerprint density at radius 3 is 1.92 bits per heavy atom. The summed E-state index contributed by atoms with van der Waals surface area (Å²) in [6.07, 6.45) is 0. The van der Waals surface area contributed by atoms with Crippen molar-refractivity contribution >= 4 is 18.1 Å². The molecule has 0 saturated heterocycles. The topological polar surface area (TPSA) is 46.2 Å². The van der Waals surface area contributed by atoms with Crippen molar-refractivity contribution in [3.8, 4) is 0 Å². The first-order chi connectivity index (χ1) is 11.4. The predicted molar refractivity (Wildman–Crippen MR) is 108 cm³/mol. The zero-order valence-electron chi connectivity index (χ0n) is 16.0. The van der Waals surface area contributed by atoms with E-state index in [0.29, 0.717) is 4.90 Å². The van der Waals surface area contributed by atoms with Crippen LogP contribution < -0.4 is 4.72 Å². The van der Waals surface area contributed by atoms with E-state index in [9.17, 15) is 8.42 Å². The minimum Gasteiger partial charge on any atom is -0.207 e. The van der Waals surface area contributed by atoms with Crippen molar-refractivity contribution in [1.29, 1.82) is 0 Å². The summed E-state index contributed by atoms with van der Waals surface area (Å²) < 4.78 is 29.1. The molecule has 25 heavy (non-hydrogen) atoms. The molecule has 1 unspecified atom stereocenters. The average Bonchev–Trinajstić information content (AvgIpc) is 2.53. The molecular formula is C20H29NO2SSi. The Balaban J connectivity index is 2.49. The van der Waals surface area contributed by atoms with Gasteiger partial charge in [0.2, 0.25) is 10.0 Å². The van der Waals surface area contributed by atoms with Gasteiger partial charge in [-0.3, -0.25) is 0 Å². The molecule has 3 nitrogen and oxygen atoms in total. The molecule has 136 valence electrons. The van der Waals surface area contributed by atoms with Gasteiger partial charge in [0.1, 0.15) is 0 Å². The normalized spacial score (nSPS) is 14.3. The maximum atomic E-state index is 13.0. The van der Waals surface area contributed by atoms with E-state index in [-0.39, 0.29) is 10.7 Å². The lowest BCUT2D eigenvalue weighted by atomic mass is 10.2. The zero-order valence-corrected chi connectivity index (χ0v) is 17.8. The van der Waals surface area contributed by atoms with Crippen LogP contribution in [0.4, 0.5) is 0 Å². The molecule has 0 fully saturated rings. The molecular weight excluding hydrogens is 346 g/mol. The van der Waals surface area contributed by atoms with Crippen LogP contribution in [0.3, 0.4) is 0 Å². The van der Waals surface area contributed by atoms with Gasteiger partial charge in [0.05, 0.1) is 13.0 Å². The van der Waals surface area contributed by atoms with Crippen molar-refractivity contribution in [2.45, 2.75) is 56.4 Å². The summed E-state index contributed by atoms with van der Waals surface area (Å²) in [7, 11) is -5.60. The lowest BCUT2D eigenvalue weighted by Crippen LogP contribution is -2.51. The van der Waals surface area contributed by atoms with E-state index in [1.165, 1.54) is 0 Å². The molecule has 0 aromatic heterocycles. The second kappa shape index (κ2) is 7.06. The Morgan fingerprint density at radius 2 is 1.44 bits per heavy atom. The number of benzene rings is 2. The van der Waals surface area contributed by atoms with Gasteiger partial charge in [-0.25, -0.2) is 13.1 Å². The third-order valence-corrected chi connectivity index (χ3v) is 12.8. The largest absolute Gasteiger partial charge is 0.240 e. The summed E-state index contributed by atoms with van der Waals surface area (Å²) in [5.41, 5.74) is 1.88.